The number of nitriles is 1. The van der Waals surface area contributed by atoms with E-state index in [-0.39, 0.29) is 12.0 Å². The lowest BCUT2D eigenvalue weighted by molar-refractivity contribution is -0.118. The number of nitrogens with zero attached hydrogens (tertiary/aromatic N) is 1. The van der Waals surface area contributed by atoms with Crippen LogP contribution in [0, 0.1) is 17.2 Å². The van der Waals surface area contributed by atoms with E-state index in [0.29, 0.717) is 24.3 Å². The van der Waals surface area contributed by atoms with Gasteiger partial charge in [0.15, 0.2) is 0 Å². The molecular formula is C20H22N2O2. The molecule has 24 heavy (non-hydrogen) atoms. The standard InChI is InChI=1S/C20H22N2O2/c1-15(2)24-19-11-7-6-10-18(19)22-20(23)17(14-21)13-12-16-8-4-3-5-9-16/h3-11,15,17H,12-13H2,1-2H3,(H,22,23)/t17-/m1/s1. The fraction of sp³-hybridized carbons (Fsp3) is 0.300. The molecule has 0 aliphatic carbocycles. The zero-order valence-corrected chi connectivity index (χ0v) is 14.0. The summed E-state index contributed by atoms with van der Waals surface area (Å²) in [5.74, 6) is -0.383. The molecule has 1 N–H and O–H groups in total. The number of aryl methyl sites for hydroxylation is 1. The second kappa shape index (κ2) is 8.73. The molecule has 0 aliphatic heterocycles. The topological polar surface area (TPSA) is 62.1 Å². The van der Waals surface area contributed by atoms with E-state index >= 15 is 0 Å². The lowest BCUT2D eigenvalue weighted by Gasteiger charge is -2.16. The molecule has 2 rings (SSSR count). The molecule has 1 atom stereocenters. The number of anilines is 1. The number of hydrogen-bond acceptors (Lipinski definition) is 3. The average Bonchev–Trinajstić information content (AvgIpc) is 2.58. The van der Waals surface area contributed by atoms with Crippen LogP contribution < -0.4 is 10.1 Å². The van der Waals surface area contributed by atoms with Crippen molar-refractivity contribution in [2.75, 3.05) is 5.32 Å². The van der Waals surface area contributed by atoms with Gasteiger partial charge in [-0.3, -0.25) is 4.79 Å². The van der Waals surface area contributed by atoms with Crippen LogP contribution in [-0.4, -0.2) is 12.0 Å². The zero-order chi connectivity index (χ0) is 17.4. The third-order valence-corrected chi connectivity index (χ3v) is 3.54. The first-order valence-corrected chi connectivity index (χ1v) is 8.10. The SMILES string of the molecule is CC(C)Oc1ccccc1NC(=O)[C@@H](C#N)CCc1ccccc1. The van der Waals surface area contributed by atoms with Gasteiger partial charge in [0.25, 0.3) is 0 Å². The van der Waals surface area contributed by atoms with Crippen molar-refractivity contribution in [2.24, 2.45) is 5.92 Å². The summed E-state index contributed by atoms with van der Waals surface area (Å²) in [7, 11) is 0. The quantitative estimate of drug-likeness (QED) is 0.831. The molecule has 4 nitrogen and oxygen atoms in total. The minimum Gasteiger partial charge on any atom is -0.489 e. The Bertz CT molecular complexity index is 705. The van der Waals surface area contributed by atoms with Gasteiger partial charge in [0, 0.05) is 0 Å². The maximum Gasteiger partial charge on any atom is 0.241 e. The summed E-state index contributed by atoms with van der Waals surface area (Å²) in [5.41, 5.74) is 1.71. The van der Waals surface area contributed by atoms with E-state index in [1.807, 2.05) is 56.3 Å². The van der Waals surface area contributed by atoms with Gasteiger partial charge < -0.3 is 10.1 Å². The van der Waals surface area contributed by atoms with Gasteiger partial charge in [-0.2, -0.15) is 5.26 Å². The summed E-state index contributed by atoms with van der Waals surface area (Å²) in [6, 6.07) is 19.2. The molecule has 0 aromatic heterocycles. The van der Waals surface area contributed by atoms with Crippen molar-refractivity contribution in [3.05, 3.63) is 60.2 Å². The van der Waals surface area contributed by atoms with E-state index in [1.54, 1.807) is 12.1 Å². The van der Waals surface area contributed by atoms with Gasteiger partial charge >= 0.3 is 0 Å². The van der Waals surface area contributed by atoms with Crippen LogP contribution in [-0.2, 0) is 11.2 Å². The van der Waals surface area contributed by atoms with Crippen LogP contribution in [0.5, 0.6) is 5.75 Å². The molecule has 2 aromatic rings. The molecular weight excluding hydrogens is 300 g/mol. The highest BCUT2D eigenvalue weighted by Crippen LogP contribution is 2.25. The highest BCUT2D eigenvalue weighted by atomic mass is 16.5. The predicted octanol–water partition coefficient (Wildman–Crippen LogP) is 4.18. The number of ether oxygens (including phenoxy) is 1. The van der Waals surface area contributed by atoms with Crippen LogP contribution in [0.15, 0.2) is 54.6 Å². The van der Waals surface area contributed by atoms with Crippen LogP contribution in [0.4, 0.5) is 5.69 Å². The zero-order valence-electron chi connectivity index (χ0n) is 14.0. The minimum absolute atomic E-state index is 0.00731. The van der Waals surface area contributed by atoms with Gasteiger partial charge in [0.05, 0.1) is 17.9 Å². The van der Waals surface area contributed by atoms with E-state index < -0.39 is 5.92 Å². The Morgan fingerprint density at radius 3 is 2.46 bits per heavy atom. The Hall–Kier alpha value is -2.80. The molecule has 0 radical (unpaired) electrons. The Balaban J connectivity index is 2.01. The Kier molecular flexibility index (Phi) is 6.39. The molecule has 2 aromatic carbocycles. The van der Waals surface area contributed by atoms with Crippen LogP contribution in [0.3, 0.4) is 0 Å². The molecule has 0 saturated carbocycles. The van der Waals surface area contributed by atoms with Gasteiger partial charge in [-0.25, -0.2) is 0 Å². The normalized spacial score (nSPS) is 11.6. The lowest BCUT2D eigenvalue weighted by Crippen LogP contribution is -2.23. The summed E-state index contributed by atoms with van der Waals surface area (Å²) >= 11 is 0. The van der Waals surface area contributed by atoms with E-state index in [0.717, 1.165) is 5.56 Å². The monoisotopic (exact) mass is 322 g/mol. The fourth-order valence-corrected chi connectivity index (χ4v) is 2.36. The summed E-state index contributed by atoms with van der Waals surface area (Å²) in [5, 5.41) is 12.1. The number of amides is 1. The Labute approximate surface area is 143 Å². The number of rotatable bonds is 7. The molecule has 1 amide bonds. The summed E-state index contributed by atoms with van der Waals surface area (Å²) in [4.78, 5) is 12.4. The number of benzene rings is 2. The molecule has 0 saturated heterocycles. The van der Waals surface area contributed by atoms with E-state index in [9.17, 15) is 10.1 Å². The van der Waals surface area contributed by atoms with Crippen LogP contribution in [0.2, 0.25) is 0 Å². The van der Waals surface area contributed by atoms with E-state index in [1.165, 1.54) is 0 Å². The van der Waals surface area contributed by atoms with Crippen molar-refractivity contribution in [2.45, 2.75) is 32.8 Å². The third kappa shape index (κ3) is 5.13. The highest BCUT2D eigenvalue weighted by molar-refractivity contribution is 5.95. The van der Waals surface area contributed by atoms with Crippen molar-refractivity contribution >= 4 is 11.6 Å². The molecule has 0 fully saturated rings. The second-order valence-electron chi connectivity index (χ2n) is 5.86. The molecule has 0 spiro atoms. The number of para-hydroxylation sites is 2. The number of hydrogen-bond donors (Lipinski definition) is 1. The number of carbonyl (C=O) groups excluding carboxylic acids is 1. The van der Waals surface area contributed by atoms with Gasteiger partial charge in [0.1, 0.15) is 11.7 Å². The first-order chi connectivity index (χ1) is 11.6. The van der Waals surface area contributed by atoms with Crippen molar-refractivity contribution in [3.8, 4) is 11.8 Å². The van der Waals surface area contributed by atoms with E-state index in [4.69, 9.17) is 4.74 Å². The molecule has 0 bridgehead atoms. The largest absolute Gasteiger partial charge is 0.489 e. The molecule has 4 heteroatoms. The van der Waals surface area contributed by atoms with E-state index in [2.05, 4.69) is 11.4 Å². The van der Waals surface area contributed by atoms with Crippen molar-refractivity contribution < 1.29 is 9.53 Å². The summed E-state index contributed by atoms with van der Waals surface area (Å²) in [6.45, 7) is 3.85. The molecule has 0 heterocycles. The predicted molar refractivity (Wildman–Crippen MR) is 94.7 cm³/mol. The van der Waals surface area contributed by atoms with Crippen LogP contribution in [0.25, 0.3) is 0 Å². The Morgan fingerprint density at radius 1 is 1.12 bits per heavy atom. The lowest BCUT2D eigenvalue weighted by atomic mass is 10.00. The second-order valence-corrected chi connectivity index (χ2v) is 5.86. The number of nitrogens with one attached hydrogen (secondary N) is 1. The average molecular weight is 322 g/mol. The smallest absolute Gasteiger partial charge is 0.241 e. The maximum absolute atomic E-state index is 12.4. The van der Waals surface area contributed by atoms with Crippen molar-refractivity contribution in [1.82, 2.24) is 0 Å². The fourth-order valence-electron chi connectivity index (χ4n) is 2.36. The van der Waals surface area contributed by atoms with Gasteiger partial charge in [-0.15, -0.1) is 0 Å². The van der Waals surface area contributed by atoms with Crippen LogP contribution in [0.1, 0.15) is 25.8 Å². The third-order valence-electron chi connectivity index (χ3n) is 3.54. The minimum atomic E-state index is -0.697. The summed E-state index contributed by atoms with van der Waals surface area (Å²) in [6.07, 6.45) is 1.18. The Morgan fingerprint density at radius 2 is 1.79 bits per heavy atom. The molecule has 124 valence electrons. The van der Waals surface area contributed by atoms with Crippen molar-refractivity contribution in [3.63, 3.8) is 0 Å². The highest BCUT2D eigenvalue weighted by Gasteiger charge is 2.19. The van der Waals surface area contributed by atoms with Crippen LogP contribution >= 0.6 is 0 Å². The maximum atomic E-state index is 12.4. The van der Waals surface area contributed by atoms with Gasteiger partial charge in [0.2, 0.25) is 5.91 Å². The molecule has 0 unspecified atom stereocenters. The van der Waals surface area contributed by atoms with Gasteiger partial charge in [-0.05, 0) is 44.4 Å². The number of carbonyl (C=O) groups is 1. The van der Waals surface area contributed by atoms with Gasteiger partial charge in [-0.1, -0.05) is 42.5 Å². The summed E-state index contributed by atoms with van der Waals surface area (Å²) < 4.78 is 5.69. The van der Waals surface area contributed by atoms with Crippen molar-refractivity contribution in [1.29, 1.82) is 5.26 Å². The first kappa shape index (κ1) is 17.6. The first-order valence-electron chi connectivity index (χ1n) is 8.10. The molecule has 0 aliphatic rings.